The highest BCUT2D eigenvalue weighted by molar-refractivity contribution is 7.18. The highest BCUT2D eigenvalue weighted by Gasteiger charge is 2.11. The smallest absolute Gasteiger partial charge is 0.108 e. The van der Waals surface area contributed by atoms with Gasteiger partial charge in [0.1, 0.15) is 5.01 Å². The molecule has 0 saturated heterocycles. The summed E-state index contributed by atoms with van der Waals surface area (Å²) in [6, 6.07) is 8.21. The van der Waals surface area contributed by atoms with E-state index in [1.807, 2.05) is 18.2 Å². The van der Waals surface area contributed by atoms with Crippen LogP contribution in [0.2, 0.25) is 0 Å². The largest absolute Gasteiger partial charge is 0.383 e. The summed E-state index contributed by atoms with van der Waals surface area (Å²) in [5.74, 6) is 0. The van der Waals surface area contributed by atoms with Crippen LogP contribution in [0, 0.1) is 0 Å². The summed E-state index contributed by atoms with van der Waals surface area (Å²) in [5, 5.41) is 1.15. The molecule has 1 aromatic carbocycles. The van der Waals surface area contributed by atoms with E-state index < -0.39 is 0 Å². The molecule has 1 heterocycles. The predicted octanol–water partition coefficient (Wildman–Crippen LogP) is 2.98. The van der Waals surface area contributed by atoms with E-state index in [0.717, 1.165) is 23.6 Å². The molecular weight excluding hydrogens is 268 g/mol. The van der Waals surface area contributed by atoms with Crippen molar-refractivity contribution in [1.29, 1.82) is 0 Å². The second kappa shape index (κ2) is 6.48. The summed E-state index contributed by atoms with van der Waals surface area (Å²) in [6.45, 7) is 2.20. The maximum atomic E-state index is 6.14. The third kappa shape index (κ3) is 3.65. The van der Waals surface area contributed by atoms with Gasteiger partial charge in [0.15, 0.2) is 0 Å². The van der Waals surface area contributed by atoms with Crippen LogP contribution in [-0.4, -0.2) is 42.6 Å². The van der Waals surface area contributed by atoms with E-state index >= 15 is 0 Å². The maximum absolute atomic E-state index is 6.14. The molecular formula is C13H17ClN2OS. The summed E-state index contributed by atoms with van der Waals surface area (Å²) in [6.07, 6.45) is 0. The zero-order valence-corrected chi connectivity index (χ0v) is 12.2. The Bertz CT molecular complexity index is 469. The van der Waals surface area contributed by atoms with E-state index in [0.29, 0.717) is 6.61 Å². The Balaban J connectivity index is 1.96. The van der Waals surface area contributed by atoms with Crippen molar-refractivity contribution in [2.45, 2.75) is 11.9 Å². The quantitative estimate of drug-likeness (QED) is 0.763. The molecule has 0 amide bonds. The van der Waals surface area contributed by atoms with E-state index in [1.165, 1.54) is 4.70 Å². The fourth-order valence-corrected chi connectivity index (χ4v) is 3.26. The van der Waals surface area contributed by atoms with E-state index in [-0.39, 0.29) is 5.38 Å². The molecule has 0 aliphatic carbocycles. The van der Waals surface area contributed by atoms with Crippen LogP contribution in [0.3, 0.4) is 0 Å². The minimum Gasteiger partial charge on any atom is -0.383 e. The number of hydrogen-bond acceptors (Lipinski definition) is 4. The van der Waals surface area contributed by atoms with E-state index in [4.69, 9.17) is 16.3 Å². The Morgan fingerprint density at radius 3 is 2.94 bits per heavy atom. The summed E-state index contributed by atoms with van der Waals surface area (Å²) < 4.78 is 6.27. The lowest BCUT2D eigenvalue weighted by Gasteiger charge is -2.18. The first kappa shape index (κ1) is 13.7. The number of ether oxygens (including phenoxy) is 1. The SMILES string of the molecule is COCC(Cl)CN(C)Cc1nc2ccccc2s1. The molecule has 18 heavy (non-hydrogen) atoms. The van der Waals surface area contributed by atoms with Crippen molar-refractivity contribution >= 4 is 33.2 Å². The molecule has 0 radical (unpaired) electrons. The summed E-state index contributed by atoms with van der Waals surface area (Å²) in [4.78, 5) is 6.78. The van der Waals surface area contributed by atoms with Gasteiger partial charge in [-0.05, 0) is 19.2 Å². The van der Waals surface area contributed by atoms with Gasteiger partial charge in [-0.1, -0.05) is 12.1 Å². The molecule has 3 nitrogen and oxygen atoms in total. The van der Waals surface area contributed by atoms with Crippen LogP contribution in [0.25, 0.3) is 10.2 Å². The van der Waals surface area contributed by atoms with Gasteiger partial charge in [-0.2, -0.15) is 0 Å². The Kier molecular flexibility index (Phi) is 4.95. The third-order valence-electron chi connectivity index (χ3n) is 2.60. The average Bonchev–Trinajstić information content (AvgIpc) is 2.70. The van der Waals surface area contributed by atoms with Crippen molar-refractivity contribution in [3.63, 3.8) is 0 Å². The normalized spacial score (nSPS) is 13.3. The highest BCUT2D eigenvalue weighted by atomic mass is 35.5. The van der Waals surface area contributed by atoms with Gasteiger partial charge in [0.05, 0.1) is 28.7 Å². The number of rotatable bonds is 6. The van der Waals surface area contributed by atoms with E-state index in [2.05, 4.69) is 23.0 Å². The number of nitrogens with zero attached hydrogens (tertiary/aromatic N) is 2. The fourth-order valence-electron chi connectivity index (χ4n) is 1.85. The van der Waals surface area contributed by atoms with Crippen molar-refractivity contribution in [3.8, 4) is 0 Å². The maximum Gasteiger partial charge on any atom is 0.108 e. The van der Waals surface area contributed by atoms with Gasteiger partial charge < -0.3 is 4.74 Å². The van der Waals surface area contributed by atoms with Crippen LogP contribution in [0.15, 0.2) is 24.3 Å². The van der Waals surface area contributed by atoms with Crippen LogP contribution in [0.4, 0.5) is 0 Å². The number of methoxy groups -OCH3 is 1. The van der Waals surface area contributed by atoms with Crippen molar-refractivity contribution in [2.24, 2.45) is 0 Å². The van der Waals surface area contributed by atoms with E-state index in [9.17, 15) is 0 Å². The number of benzene rings is 1. The molecule has 0 saturated carbocycles. The van der Waals surface area contributed by atoms with Crippen molar-refractivity contribution in [3.05, 3.63) is 29.3 Å². The first-order chi connectivity index (χ1) is 8.69. The molecule has 1 aromatic heterocycles. The van der Waals surface area contributed by atoms with Gasteiger partial charge in [0.2, 0.25) is 0 Å². The van der Waals surface area contributed by atoms with Crippen molar-refractivity contribution < 1.29 is 4.74 Å². The molecule has 0 fully saturated rings. The molecule has 0 aliphatic heterocycles. The molecule has 5 heteroatoms. The van der Waals surface area contributed by atoms with Gasteiger partial charge in [0.25, 0.3) is 0 Å². The lowest BCUT2D eigenvalue weighted by Crippen LogP contribution is -2.28. The zero-order chi connectivity index (χ0) is 13.0. The molecule has 0 spiro atoms. The minimum absolute atomic E-state index is 0.0226. The van der Waals surface area contributed by atoms with Crippen molar-refractivity contribution in [1.82, 2.24) is 9.88 Å². The average molecular weight is 285 g/mol. The van der Waals surface area contributed by atoms with Gasteiger partial charge in [-0.25, -0.2) is 4.98 Å². The third-order valence-corrected chi connectivity index (χ3v) is 3.89. The standard InChI is InChI=1S/C13H17ClN2OS/c1-16(7-10(14)9-17-2)8-13-15-11-5-3-4-6-12(11)18-13/h3-6,10H,7-9H2,1-2H3. The molecule has 0 N–H and O–H groups in total. The molecule has 0 bridgehead atoms. The molecule has 98 valence electrons. The highest BCUT2D eigenvalue weighted by Crippen LogP contribution is 2.22. The number of para-hydroxylation sites is 1. The van der Waals surface area contributed by atoms with Crippen LogP contribution in [0.5, 0.6) is 0 Å². The Hall–Kier alpha value is -0.680. The summed E-state index contributed by atoms with van der Waals surface area (Å²) >= 11 is 7.88. The summed E-state index contributed by atoms with van der Waals surface area (Å²) in [5.41, 5.74) is 1.07. The number of halogens is 1. The number of hydrogen-bond donors (Lipinski definition) is 0. The predicted molar refractivity (Wildman–Crippen MR) is 77.5 cm³/mol. The lowest BCUT2D eigenvalue weighted by atomic mass is 10.3. The van der Waals surface area contributed by atoms with Crippen LogP contribution < -0.4 is 0 Å². The molecule has 2 rings (SSSR count). The molecule has 2 aromatic rings. The number of aromatic nitrogens is 1. The number of thiazole rings is 1. The first-order valence-corrected chi connectivity index (χ1v) is 7.10. The molecule has 1 atom stereocenters. The number of alkyl halides is 1. The van der Waals surface area contributed by atoms with Crippen molar-refractivity contribution in [2.75, 3.05) is 27.3 Å². The minimum atomic E-state index is 0.0226. The Labute approximate surface area is 116 Å². The molecule has 1 unspecified atom stereocenters. The lowest BCUT2D eigenvalue weighted by molar-refractivity contribution is 0.181. The van der Waals surface area contributed by atoms with Gasteiger partial charge in [0, 0.05) is 13.7 Å². The summed E-state index contributed by atoms with van der Waals surface area (Å²) in [7, 11) is 3.72. The Morgan fingerprint density at radius 1 is 1.44 bits per heavy atom. The first-order valence-electron chi connectivity index (χ1n) is 5.85. The second-order valence-electron chi connectivity index (χ2n) is 4.32. The fraction of sp³-hybridized carbons (Fsp3) is 0.462. The second-order valence-corrected chi connectivity index (χ2v) is 6.06. The van der Waals surface area contributed by atoms with Crippen LogP contribution >= 0.6 is 22.9 Å². The Morgan fingerprint density at radius 2 is 2.22 bits per heavy atom. The van der Waals surface area contributed by atoms with Gasteiger partial charge in [-0.3, -0.25) is 4.90 Å². The zero-order valence-electron chi connectivity index (χ0n) is 10.6. The van der Waals surface area contributed by atoms with Gasteiger partial charge in [-0.15, -0.1) is 22.9 Å². The van der Waals surface area contributed by atoms with Crippen LogP contribution in [-0.2, 0) is 11.3 Å². The monoisotopic (exact) mass is 284 g/mol. The number of fused-ring (bicyclic) bond motifs is 1. The van der Waals surface area contributed by atoms with Crippen LogP contribution in [0.1, 0.15) is 5.01 Å². The van der Waals surface area contributed by atoms with Gasteiger partial charge >= 0.3 is 0 Å². The molecule has 0 aliphatic rings. The topological polar surface area (TPSA) is 25.4 Å². The van der Waals surface area contributed by atoms with E-state index in [1.54, 1.807) is 18.4 Å².